The highest BCUT2D eigenvalue weighted by Crippen LogP contribution is 2.43. The van der Waals surface area contributed by atoms with Crippen molar-refractivity contribution in [2.75, 3.05) is 40.5 Å². The molecular weight excluding hydrogens is 713 g/mol. The normalized spacial score (nSPS) is 13.4. The van der Waals surface area contributed by atoms with E-state index in [1.807, 2.05) is 19.0 Å². The lowest BCUT2D eigenvalue weighted by molar-refractivity contribution is -0.161. The van der Waals surface area contributed by atoms with E-state index >= 15 is 0 Å². The molecule has 0 radical (unpaired) electrons. The van der Waals surface area contributed by atoms with Crippen molar-refractivity contribution in [1.82, 2.24) is 4.90 Å². The van der Waals surface area contributed by atoms with Crippen LogP contribution in [-0.2, 0) is 32.7 Å². The van der Waals surface area contributed by atoms with Gasteiger partial charge in [0.05, 0.1) is 13.2 Å². The van der Waals surface area contributed by atoms with Gasteiger partial charge in [0.25, 0.3) is 0 Å². The van der Waals surface area contributed by atoms with Crippen molar-refractivity contribution in [3.8, 4) is 0 Å². The average molecular weight is 802 g/mol. The first-order valence-corrected chi connectivity index (χ1v) is 24.5. The lowest BCUT2D eigenvalue weighted by Crippen LogP contribution is -2.29. The Kier molecular flexibility index (Phi) is 40.0. The van der Waals surface area contributed by atoms with Crippen molar-refractivity contribution >= 4 is 19.8 Å². The third-order valence-electron chi connectivity index (χ3n) is 10.1. The molecule has 0 bridgehead atoms. The first kappa shape index (κ1) is 53.8. The Hall–Kier alpha value is -1.25. The molecule has 0 saturated heterocycles. The van der Waals surface area contributed by atoms with Crippen LogP contribution in [-0.4, -0.2) is 68.3 Å². The fourth-order valence-corrected chi connectivity index (χ4v) is 7.25. The molecule has 0 heterocycles. The summed E-state index contributed by atoms with van der Waals surface area (Å²) in [6.45, 7) is 4.34. The molecule has 55 heavy (non-hydrogen) atoms. The minimum Gasteiger partial charge on any atom is -0.462 e. The zero-order valence-corrected chi connectivity index (χ0v) is 37.3. The molecule has 0 saturated carbocycles. The molecule has 10 heteroatoms. The van der Waals surface area contributed by atoms with Gasteiger partial charge < -0.3 is 19.3 Å². The lowest BCUT2D eigenvalue weighted by Gasteiger charge is -2.20. The van der Waals surface area contributed by atoms with Gasteiger partial charge in [-0.1, -0.05) is 180 Å². The van der Waals surface area contributed by atoms with Gasteiger partial charge in [-0.15, -0.1) is 0 Å². The van der Waals surface area contributed by atoms with E-state index in [0.29, 0.717) is 19.4 Å². The fraction of sp³-hybridized carbons (Fsp3) is 0.911. The maximum absolute atomic E-state index is 12.7. The van der Waals surface area contributed by atoms with Crippen molar-refractivity contribution < 1.29 is 37.6 Å². The molecular formula is C45H88NO8P. The molecule has 326 valence electrons. The van der Waals surface area contributed by atoms with Gasteiger partial charge in [-0.25, -0.2) is 4.57 Å². The minimum atomic E-state index is -4.36. The van der Waals surface area contributed by atoms with Crippen LogP contribution in [0.1, 0.15) is 219 Å². The summed E-state index contributed by atoms with van der Waals surface area (Å²) in [7, 11) is -0.704. The number of allylic oxidation sites excluding steroid dienone is 2. The summed E-state index contributed by atoms with van der Waals surface area (Å²) in [4.78, 5) is 37.1. The summed E-state index contributed by atoms with van der Waals surface area (Å²) >= 11 is 0. The Morgan fingerprint density at radius 2 is 0.927 bits per heavy atom. The highest BCUT2D eigenvalue weighted by atomic mass is 31.2. The number of hydrogen-bond acceptors (Lipinski definition) is 8. The van der Waals surface area contributed by atoms with Crippen molar-refractivity contribution in [3.63, 3.8) is 0 Å². The first-order valence-electron chi connectivity index (χ1n) is 23.0. The summed E-state index contributed by atoms with van der Waals surface area (Å²) in [5.41, 5.74) is 0. The Morgan fingerprint density at radius 1 is 0.545 bits per heavy atom. The Balaban J connectivity index is 4.22. The van der Waals surface area contributed by atoms with E-state index in [0.717, 1.165) is 44.9 Å². The van der Waals surface area contributed by atoms with Crippen LogP contribution in [0.3, 0.4) is 0 Å². The summed E-state index contributed by atoms with van der Waals surface area (Å²) in [5.74, 6) is -0.796. The monoisotopic (exact) mass is 802 g/mol. The number of nitrogens with zero attached hydrogens (tertiary/aromatic N) is 1. The second-order valence-corrected chi connectivity index (χ2v) is 17.4. The van der Waals surface area contributed by atoms with E-state index in [4.69, 9.17) is 18.5 Å². The van der Waals surface area contributed by atoms with Crippen molar-refractivity contribution in [2.45, 2.75) is 225 Å². The van der Waals surface area contributed by atoms with Gasteiger partial charge in [-0.05, 0) is 52.6 Å². The molecule has 0 aliphatic carbocycles. The Labute approximate surface area is 339 Å². The van der Waals surface area contributed by atoms with Gasteiger partial charge in [0, 0.05) is 19.4 Å². The molecule has 0 aliphatic heterocycles. The zero-order chi connectivity index (χ0) is 40.5. The van der Waals surface area contributed by atoms with E-state index < -0.39 is 26.5 Å². The molecule has 0 rings (SSSR count). The molecule has 0 spiro atoms. The second kappa shape index (κ2) is 40.9. The topological polar surface area (TPSA) is 112 Å². The van der Waals surface area contributed by atoms with Gasteiger partial charge in [-0.2, -0.15) is 0 Å². The van der Waals surface area contributed by atoms with Crippen LogP contribution < -0.4 is 0 Å². The number of unbranched alkanes of at least 4 members (excludes halogenated alkanes) is 27. The molecule has 1 N–H and O–H groups in total. The van der Waals surface area contributed by atoms with Crippen LogP contribution in [0.15, 0.2) is 12.2 Å². The van der Waals surface area contributed by atoms with Crippen LogP contribution >= 0.6 is 7.82 Å². The standard InChI is InChI=1S/C45H88NO8P/c1-5-7-9-11-13-15-17-19-21-22-24-25-27-29-31-33-35-37-44(47)51-41-43(42-53-55(49,50)52-40-39-46(3)4)54-45(48)38-36-34-32-30-28-26-23-20-18-16-14-12-10-8-6-2/h16,18,43H,5-15,17,19-42H2,1-4H3,(H,49,50)/b18-16-. The quantitative estimate of drug-likeness (QED) is 0.0279. The molecule has 2 atom stereocenters. The average Bonchev–Trinajstić information content (AvgIpc) is 3.15. The number of esters is 2. The smallest absolute Gasteiger partial charge is 0.462 e. The molecule has 0 aromatic rings. The summed E-state index contributed by atoms with van der Waals surface area (Å²) in [6.07, 6.45) is 41.1. The fourth-order valence-electron chi connectivity index (χ4n) is 6.51. The number of carbonyl (C=O) groups is 2. The van der Waals surface area contributed by atoms with Crippen LogP contribution in [0.4, 0.5) is 0 Å². The van der Waals surface area contributed by atoms with Gasteiger partial charge in [0.2, 0.25) is 0 Å². The first-order chi connectivity index (χ1) is 26.7. The van der Waals surface area contributed by atoms with E-state index in [-0.39, 0.29) is 25.6 Å². The molecule has 0 fully saturated rings. The minimum absolute atomic E-state index is 0.00974. The van der Waals surface area contributed by atoms with E-state index in [1.54, 1.807) is 0 Å². The number of ether oxygens (including phenoxy) is 2. The molecule has 9 nitrogen and oxygen atoms in total. The van der Waals surface area contributed by atoms with Crippen LogP contribution in [0.2, 0.25) is 0 Å². The molecule has 2 unspecified atom stereocenters. The number of hydrogen-bond donors (Lipinski definition) is 1. The maximum atomic E-state index is 12.7. The zero-order valence-electron chi connectivity index (χ0n) is 36.4. The van der Waals surface area contributed by atoms with E-state index in [2.05, 4.69) is 26.0 Å². The number of carbonyl (C=O) groups excluding carboxylic acids is 2. The number of phosphoric acid groups is 1. The van der Waals surface area contributed by atoms with Crippen molar-refractivity contribution in [3.05, 3.63) is 12.2 Å². The second-order valence-electron chi connectivity index (χ2n) is 15.9. The lowest BCUT2D eigenvalue weighted by atomic mass is 10.0. The predicted octanol–water partition coefficient (Wildman–Crippen LogP) is 13.2. The predicted molar refractivity (Wildman–Crippen MR) is 229 cm³/mol. The van der Waals surface area contributed by atoms with Crippen molar-refractivity contribution in [2.24, 2.45) is 0 Å². The highest BCUT2D eigenvalue weighted by molar-refractivity contribution is 7.47. The summed E-state index contributed by atoms with van der Waals surface area (Å²) < 4.78 is 33.5. The third kappa shape index (κ3) is 42.2. The number of phosphoric ester groups is 1. The van der Waals surface area contributed by atoms with Gasteiger partial charge >= 0.3 is 19.8 Å². The maximum Gasteiger partial charge on any atom is 0.472 e. The molecule has 0 amide bonds. The largest absolute Gasteiger partial charge is 0.472 e. The molecule has 0 aromatic heterocycles. The summed E-state index contributed by atoms with van der Waals surface area (Å²) in [5, 5.41) is 0. The Morgan fingerprint density at radius 3 is 1.36 bits per heavy atom. The highest BCUT2D eigenvalue weighted by Gasteiger charge is 2.26. The van der Waals surface area contributed by atoms with Crippen molar-refractivity contribution in [1.29, 1.82) is 0 Å². The number of rotatable bonds is 43. The van der Waals surface area contributed by atoms with Crippen LogP contribution in [0, 0.1) is 0 Å². The van der Waals surface area contributed by atoms with Crippen LogP contribution in [0.5, 0.6) is 0 Å². The Bertz CT molecular complexity index is 931. The van der Waals surface area contributed by atoms with Gasteiger partial charge in [0.15, 0.2) is 6.10 Å². The summed E-state index contributed by atoms with van der Waals surface area (Å²) in [6, 6.07) is 0. The molecule has 0 aliphatic rings. The van der Waals surface area contributed by atoms with Crippen LogP contribution in [0.25, 0.3) is 0 Å². The van der Waals surface area contributed by atoms with Gasteiger partial charge in [-0.3, -0.25) is 18.6 Å². The van der Waals surface area contributed by atoms with E-state index in [9.17, 15) is 19.0 Å². The van der Waals surface area contributed by atoms with E-state index in [1.165, 1.54) is 141 Å². The SMILES string of the molecule is CCCCCC/C=C\CCCCCCCCCC(=O)OC(COC(=O)CCCCCCCCCCCCCCCCCCC)COP(=O)(O)OCCN(C)C. The number of likely N-dealkylation sites (N-methyl/N-ethyl adjacent to an activating group) is 1. The molecule has 0 aromatic carbocycles. The van der Waals surface area contributed by atoms with Gasteiger partial charge in [0.1, 0.15) is 6.61 Å². The third-order valence-corrected chi connectivity index (χ3v) is 11.1.